The van der Waals surface area contributed by atoms with Gasteiger partial charge in [-0.05, 0) is 39.3 Å². The fourth-order valence-electron chi connectivity index (χ4n) is 1.70. The van der Waals surface area contributed by atoms with E-state index in [0.717, 1.165) is 0 Å². The molecule has 0 aromatic heterocycles. The van der Waals surface area contributed by atoms with Crippen molar-refractivity contribution in [3.63, 3.8) is 0 Å². The highest BCUT2D eigenvalue weighted by atomic mass is 35.5. The zero-order valence-corrected chi connectivity index (χ0v) is 13.4. The molecule has 0 radical (unpaired) electrons. The molecule has 7 heteroatoms. The summed E-state index contributed by atoms with van der Waals surface area (Å²) in [4.78, 5) is 22.1. The third-order valence-electron chi connectivity index (χ3n) is 2.77. The van der Waals surface area contributed by atoms with Crippen molar-refractivity contribution in [3.8, 4) is 0 Å². The van der Waals surface area contributed by atoms with Crippen molar-refractivity contribution in [2.24, 2.45) is 0 Å². The van der Waals surface area contributed by atoms with Gasteiger partial charge in [0.15, 0.2) is 0 Å². The van der Waals surface area contributed by atoms with Crippen LogP contribution in [0, 0.1) is 17.0 Å². The predicted molar refractivity (Wildman–Crippen MR) is 83.8 cm³/mol. The molecule has 0 unspecified atom stereocenters. The van der Waals surface area contributed by atoms with E-state index in [1.54, 1.807) is 6.92 Å². The summed E-state index contributed by atoms with van der Waals surface area (Å²) in [5.41, 5.74) is 0.878. The number of aryl methyl sites for hydroxylation is 1. The van der Waals surface area contributed by atoms with Crippen LogP contribution in [-0.2, 0) is 4.79 Å². The Balaban J connectivity index is 2.69. The number of hydrogen-bond donors (Lipinski definition) is 2. The summed E-state index contributed by atoms with van der Waals surface area (Å²) in [7, 11) is 0. The molecule has 0 saturated carbocycles. The summed E-state index contributed by atoms with van der Waals surface area (Å²) < 4.78 is 0. The van der Waals surface area contributed by atoms with Gasteiger partial charge in [0, 0.05) is 30.3 Å². The second kappa shape index (κ2) is 6.87. The van der Waals surface area contributed by atoms with Crippen molar-refractivity contribution >= 4 is 28.9 Å². The van der Waals surface area contributed by atoms with Crippen molar-refractivity contribution in [1.29, 1.82) is 0 Å². The molecule has 0 fully saturated rings. The maximum absolute atomic E-state index is 11.9. The number of halogens is 1. The molecule has 1 amide bonds. The van der Waals surface area contributed by atoms with Crippen molar-refractivity contribution < 1.29 is 9.72 Å². The molecule has 0 aliphatic heterocycles. The molecule has 0 aliphatic carbocycles. The molecular formula is C14H20ClN3O3. The van der Waals surface area contributed by atoms with Crippen LogP contribution in [0.4, 0.5) is 11.4 Å². The van der Waals surface area contributed by atoms with E-state index in [-0.39, 0.29) is 22.2 Å². The van der Waals surface area contributed by atoms with Gasteiger partial charge in [0.1, 0.15) is 5.02 Å². The van der Waals surface area contributed by atoms with Crippen LogP contribution in [0.1, 0.15) is 32.8 Å². The Morgan fingerprint density at radius 3 is 2.52 bits per heavy atom. The number of carbonyl (C=O) groups is 1. The summed E-state index contributed by atoms with van der Waals surface area (Å²) in [6.45, 7) is 8.29. The van der Waals surface area contributed by atoms with Crippen molar-refractivity contribution in [3.05, 3.63) is 32.8 Å². The van der Waals surface area contributed by atoms with Gasteiger partial charge >= 0.3 is 0 Å². The summed E-state index contributed by atoms with van der Waals surface area (Å²) in [5.74, 6) is -0.167. The lowest BCUT2D eigenvalue weighted by Gasteiger charge is -2.20. The van der Waals surface area contributed by atoms with E-state index in [0.29, 0.717) is 24.2 Å². The number of nitro groups is 1. The topological polar surface area (TPSA) is 84.3 Å². The highest BCUT2D eigenvalue weighted by molar-refractivity contribution is 6.33. The minimum atomic E-state index is -0.547. The molecule has 1 aromatic rings. The lowest BCUT2D eigenvalue weighted by Crippen LogP contribution is -2.37. The summed E-state index contributed by atoms with van der Waals surface area (Å²) in [5, 5.41) is 16.7. The van der Waals surface area contributed by atoms with Gasteiger partial charge in [-0.1, -0.05) is 11.6 Å². The van der Waals surface area contributed by atoms with Gasteiger partial charge in [0.2, 0.25) is 5.91 Å². The van der Waals surface area contributed by atoms with Crippen LogP contribution in [0.2, 0.25) is 5.02 Å². The van der Waals surface area contributed by atoms with Crippen LogP contribution >= 0.6 is 11.6 Å². The molecule has 0 aliphatic rings. The van der Waals surface area contributed by atoms with Gasteiger partial charge in [-0.25, -0.2) is 0 Å². The second-order valence-electron chi connectivity index (χ2n) is 5.85. The number of benzene rings is 1. The largest absolute Gasteiger partial charge is 0.326 e. The van der Waals surface area contributed by atoms with E-state index in [4.69, 9.17) is 11.6 Å². The number of anilines is 1. The highest BCUT2D eigenvalue weighted by Crippen LogP contribution is 2.30. The smallest absolute Gasteiger partial charge is 0.288 e. The Kier molecular flexibility index (Phi) is 5.69. The summed E-state index contributed by atoms with van der Waals surface area (Å²) in [6, 6.07) is 2.76. The maximum atomic E-state index is 11.9. The molecule has 0 bridgehead atoms. The van der Waals surface area contributed by atoms with Crippen LogP contribution in [0.15, 0.2) is 12.1 Å². The van der Waals surface area contributed by atoms with E-state index >= 15 is 0 Å². The quantitative estimate of drug-likeness (QED) is 0.645. The monoisotopic (exact) mass is 313 g/mol. The van der Waals surface area contributed by atoms with Crippen LogP contribution in [0.3, 0.4) is 0 Å². The van der Waals surface area contributed by atoms with Gasteiger partial charge in [-0.2, -0.15) is 0 Å². The third kappa shape index (κ3) is 5.69. The average molecular weight is 314 g/mol. The predicted octanol–water partition coefficient (Wildman–Crippen LogP) is 3.27. The molecule has 0 saturated heterocycles. The molecule has 0 spiro atoms. The molecule has 116 valence electrons. The molecule has 2 N–H and O–H groups in total. The first-order chi connectivity index (χ1) is 9.60. The number of nitrogens with zero attached hydrogens (tertiary/aromatic N) is 1. The van der Waals surface area contributed by atoms with E-state index < -0.39 is 4.92 Å². The number of rotatable bonds is 5. The second-order valence-corrected chi connectivity index (χ2v) is 6.26. The zero-order chi connectivity index (χ0) is 16.2. The average Bonchev–Trinajstić information content (AvgIpc) is 2.31. The maximum Gasteiger partial charge on any atom is 0.288 e. The first-order valence-corrected chi connectivity index (χ1v) is 6.97. The summed E-state index contributed by atoms with van der Waals surface area (Å²) >= 11 is 5.84. The lowest BCUT2D eigenvalue weighted by atomic mass is 10.1. The fraction of sp³-hybridized carbons (Fsp3) is 0.500. The van der Waals surface area contributed by atoms with Crippen LogP contribution in [-0.4, -0.2) is 22.9 Å². The number of nitro benzene ring substituents is 1. The van der Waals surface area contributed by atoms with Gasteiger partial charge < -0.3 is 10.6 Å². The Morgan fingerprint density at radius 2 is 2.00 bits per heavy atom. The summed E-state index contributed by atoms with van der Waals surface area (Å²) in [6.07, 6.45) is 0.311. The first-order valence-electron chi connectivity index (χ1n) is 6.59. The van der Waals surface area contributed by atoms with Crippen LogP contribution < -0.4 is 10.6 Å². The Bertz CT molecular complexity index is 553. The minimum absolute atomic E-state index is 0.00807. The molecule has 0 atom stereocenters. The SMILES string of the molecule is Cc1cc([N+](=O)[O-])c(Cl)cc1NC(=O)CCNC(C)(C)C. The highest BCUT2D eigenvalue weighted by Gasteiger charge is 2.16. The number of carbonyl (C=O) groups excluding carboxylic acids is 1. The van der Waals surface area contributed by atoms with Gasteiger partial charge in [-0.15, -0.1) is 0 Å². The Labute approximate surface area is 129 Å². The van der Waals surface area contributed by atoms with E-state index in [9.17, 15) is 14.9 Å². The van der Waals surface area contributed by atoms with E-state index in [1.165, 1.54) is 12.1 Å². The van der Waals surface area contributed by atoms with Gasteiger partial charge in [0.05, 0.1) is 4.92 Å². The molecule has 1 aromatic carbocycles. The first kappa shape index (κ1) is 17.4. The normalized spacial score (nSPS) is 11.3. The number of nitrogens with one attached hydrogen (secondary N) is 2. The lowest BCUT2D eigenvalue weighted by molar-refractivity contribution is -0.384. The number of amides is 1. The van der Waals surface area contributed by atoms with Gasteiger partial charge in [-0.3, -0.25) is 14.9 Å². The van der Waals surface area contributed by atoms with Crippen LogP contribution in [0.25, 0.3) is 0 Å². The van der Waals surface area contributed by atoms with E-state index in [2.05, 4.69) is 10.6 Å². The zero-order valence-electron chi connectivity index (χ0n) is 12.6. The molecule has 6 nitrogen and oxygen atoms in total. The van der Waals surface area contributed by atoms with Crippen molar-refractivity contribution in [1.82, 2.24) is 5.32 Å². The van der Waals surface area contributed by atoms with Crippen molar-refractivity contribution in [2.45, 2.75) is 39.7 Å². The van der Waals surface area contributed by atoms with E-state index in [1.807, 2.05) is 20.8 Å². The minimum Gasteiger partial charge on any atom is -0.326 e. The third-order valence-corrected chi connectivity index (χ3v) is 3.07. The van der Waals surface area contributed by atoms with Crippen LogP contribution in [0.5, 0.6) is 0 Å². The number of hydrogen-bond acceptors (Lipinski definition) is 4. The molecule has 1 rings (SSSR count). The molecular weight excluding hydrogens is 294 g/mol. The standard InChI is InChI=1S/C14H20ClN3O3/c1-9-7-12(18(20)21)10(15)8-11(9)17-13(19)5-6-16-14(2,3)4/h7-8,16H,5-6H2,1-4H3,(H,17,19). The molecule has 0 heterocycles. The van der Waals surface area contributed by atoms with Gasteiger partial charge in [0.25, 0.3) is 5.69 Å². The van der Waals surface area contributed by atoms with Crippen molar-refractivity contribution in [2.75, 3.05) is 11.9 Å². The molecule has 21 heavy (non-hydrogen) atoms. The fourth-order valence-corrected chi connectivity index (χ4v) is 1.94. The Morgan fingerprint density at radius 1 is 1.38 bits per heavy atom. The Hall–Kier alpha value is -1.66.